The second-order valence-electron chi connectivity index (χ2n) is 7.72. The molecule has 10 heteroatoms. The van der Waals surface area contributed by atoms with Crippen molar-refractivity contribution in [1.29, 1.82) is 5.26 Å². The molecule has 2 heterocycles. The van der Waals surface area contributed by atoms with Gasteiger partial charge in [-0.15, -0.1) is 0 Å². The number of amides is 3. The summed E-state index contributed by atoms with van der Waals surface area (Å²) in [4.78, 5) is 47.0. The van der Waals surface area contributed by atoms with Crippen LogP contribution >= 0.6 is 0 Å². The van der Waals surface area contributed by atoms with Gasteiger partial charge in [0.05, 0.1) is 22.7 Å². The number of nitrogens with zero attached hydrogens (tertiary/aromatic N) is 5. The first-order chi connectivity index (χ1) is 16.9. The maximum atomic E-state index is 12.8. The van der Waals surface area contributed by atoms with Gasteiger partial charge in [-0.3, -0.25) is 24.7 Å². The third kappa shape index (κ3) is 4.99. The molecule has 3 amide bonds. The van der Waals surface area contributed by atoms with E-state index in [1.54, 1.807) is 78.6 Å². The van der Waals surface area contributed by atoms with E-state index >= 15 is 0 Å². The zero-order valence-corrected chi connectivity index (χ0v) is 18.8. The highest BCUT2D eigenvalue weighted by Crippen LogP contribution is 2.26. The Morgan fingerprint density at radius 1 is 1.06 bits per heavy atom. The molecule has 0 saturated carbocycles. The van der Waals surface area contributed by atoms with E-state index < -0.39 is 11.8 Å². The number of pyridine rings is 1. The standard InChI is InChI=1S/C25H21N7O3/c1-31(24(35)18-8-11-28-12-9-18)19-6-7-21-20(14-19)29-25(32(21)13-10-22(27)33)30-23(34)17-4-2-16(15-26)3-5-17/h2-9,11-12,14H,10,13H2,1H3,(H2,27,33)(H,29,30,34). The van der Waals surface area contributed by atoms with Gasteiger partial charge >= 0.3 is 0 Å². The molecule has 0 fully saturated rings. The van der Waals surface area contributed by atoms with Crippen molar-refractivity contribution < 1.29 is 14.4 Å². The Bertz CT molecular complexity index is 1450. The van der Waals surface area contributed by atoms with Crippen LogP contribution in [0.3, 0.4) is 0 Å². The molecule has 35 heavy (non-hydrogen) atoms. The molecule has 3 N–H and O–H groups in total. The summed E-state index contributed by atoms with van der Waals surface area (Å²) < 4.78 is 1.69. The van der Waals surface area contributed by atoms with Crippen LogP contribution in [0.4, 0.5) is 11.6 Å². The second kappa shape index (κ2) is 9.84. The van der Waals surface area contributed by atoms with Crippen molar-refractivity contribution in [2.24, 2.45) is 5.73 Å². The van der Waals surface area contributed by atoms with Gasteiger partial charge in [-0.1, -0.05) is 0 Å². The zero-order chi connectivity index (χ0) is 24.9. The van der Waals surface area contributed by atoms with Crippen molar-refractivity contribution in [2.75, 3.05) is 17.3 Å². The van der Waals surface area contributed by atoms with E-state index in [2.05, 4.69) is 15.3 Å². The van der Waals surface area contributed by atoms with Crippen LogP contribution in [-0.4, -0.2) is 39.3 Å². The van der Waals surface area contributed by atoms with Gasteiger partial charge in [0.1, 0.15) is 0 Å². The predicted octanol–water partition coefficient (Wildman–Crippen LogP) is 2.71. The summed E-state index contributed by atoms with van der Waals surface area (Å²) in [7, 11) is 1.65. The van der Waals surface area contributed by atoms with Crippen molar-refractivity contribution in [1.82, 2.24) is 14.5 Å². The number of primary amides is 1. The van der Waals surface area contributed by atoms with E-state index in [-0.39, 0.29) is 24.8 Å². The summed E-state index contributed by atoms with van der Waals surface area (Å²) in [5.74, 6) is -0.893. The van der Waals surface area contributed by atoms with Crippen molar-refractivity contribution in [2.45, 2.75) is 13.0 Å². The lowest BCUT2D eigenvalue weighted by molar-refractivity contribution is -0.118. The van der Waals surface area contributed by atoms with Crippen LogP contribution in [0, 0.1) is 11.3 Å². The minimum absolute atomic E-state index is 0.0490. The Morgan fingerprint density at radius 3 is 2.43 bits per heavy atom. The lowest BCUT2D eigenvalue weighted by Crippen LogP contribution is -2.26. The first kappa shape index (κ1) is 23.1. The third-order valence-electron chi connectivity index (χ3n) is 5.43. The number of carbonyl (C=O) groups excluding carboxylic acids is 3. The van der Waals surface area contributed by atoms with Crippen molar-refractivity contribution in [3.8, 4) is 6.07 Å². The number of benzene rings is 2. The molecule has 4 aromatic rings. The van der Waals surface area contributed by atoms with Crippen LogP contribution in [0.25, 0.3) is 11.0 Å². The summed E-state index contributed by atoms with van der Waals surface area (Å²) in [6.07, 6.45) is 3.15. The fourth-order valence-electron chi connectivity index (χ4n) is 3.55. The molecular weight excluding hydrogens is 446 g/mol. The largest absolute Gasteiger partial charge is 0.370 e. The van der Waals surface area contributed by atoms with Gasteiger partial charge in [0.25, 0.3) is 11.8 Å². The summed E-state index contributed by atoms with van der Waals surface area (Å²) in [5, 5.41) is 11.7. The summed E-state index contributed by atoms with van der Waals surface area (Å²) in [5.41, 5.74) is 8.40. The van der Waals surface area contributed by atoms with Gasteiger partial charge in [0, 0.05) is 49.2 Å². The fourth-order valence-corrected chi connectivity index (χ4v) is 3.55. The first-order valence-electron chi connectivity index (χ1n) is 10.7. The van der Waals surface area contributed by atoms with Crippen LogP contribution in [0.1, 0.15) is 32.7 Å². The maximum Gasteiger partial charge on any atom is 0.258 e. The Kier molecular flexibility index (Phi) is 6.50. The normalized spacial score (nSPS) is 10.5. The highest BCUT2D eigenvalue weighted by Gasteiger charge is 2.18. The Hall–Kier alpha value is -5.04. The van der Waals surface area contributed by atoms with Gasteiger partial charge in [-0.25, -0.2) is 4.98 Å². The number of nitrogens with one attached hydrogen (secondary N) is 1. The number of carbonyl (C=O) groups is 3. The summed E-state index contributed by atoms with van der Waals surface area (Å²) in [6.45, 7) is 0.208. The Labute approximate surface area is 200 Å². The minimum atomic E-state index is -0.490. The van der Waals surface area contributed by atoms with E-state index in [0.29, 0.717) is 33.4 Å². The molecule has 0 spiro atoms. The molecule has 2 aromatic carbocycles. The summed E-state index contributed by atoms with van der Waals surface area (Å²) in [6, 6.07) is 16.7. The van der Waals surface area contributed by atoms with Crippen LogP contribution in [0.15, 0.2) is 67.0 Å². The predicted molar refractivity (Wildman–Crippen MR) is 130 cm³/mol. The zero-order valence-electron chi connectivity index (χ0n) is 18.8. The molecule has 174 valence electrons. The number of imidazole rings is 1. The number of nitriles is 1. The van der Waals surface area contributed by atoms with Crippen molar-refractivity contribution in [3.63, 3.8) is 0 Å². The molecular formula is C25H21N7O3. The van der Waals surface area contributed by atoms with Gasteiger partial charge in [-0.05, 0) is 54.6 Å². The minimum Gasteiger partial charge on any atom is -0.370 e. The van der Waals surface area contributed by atoms with Crippen LogP contribution in [-0.2, 0) is 11.3 Å². The second-order valence-corrected chi connectivity index (χ2v) is 7.72. The number of nitrogens with two attached hydrogens (primary N) is 1. The average molecular weight is 467 g/mol. The number of anilines is 2. The average Bonchev–Trinajstić information content (AvgIpc) is 3.22. The van der Waals surface area contributed by atoms with E-state index in [1.807, 2.05) is 6.07 Å². The lowest BCUT2D eigenvalue weighted by Gasteiger charge is -2.17. The van der Waals surface area contributed by atoms with Crippen LogP contribution in [0.2, 0.25) is 0 Å². The fraction of sp³-hybridized carbons (Fsp3) is 0.120. The highest BCUT2D eigenvalue weighted by molar-refractivity contribution is 6.07. The molecule has 0 atom stereocenters. The maximum absolute atomic E-state index is 12.8. The van der Waals surface area contributed by atoms with Crippen molar-refractivity contribution >= 4 is 40.4 Å². The Morgan fingerprint density at radius 2 is 1.77 bits per heavy atom. The quantitative estimate of drug-likeness (QED) is 0.427. The molecule has 0 saturated heterocycles. The molecule has 0 aliphatic rings. The van der Waals surface area contributed by atoms with Crippen molar-refractivity contribution in [3.05, 3.63) is 83.7 Å². The van der Waals surface area contributed by atoms with Gasteiger partial charge < -0.3 is 15.2 Å². The molecule has 0 bridgehead atoms. The Balaban J connectivity index is 1.67. The smallest absolute Gasteiger partial charge is 0.258 e. The molecule has 0 aliphatic carbocycles. The van der Waals surface area contributed by atoms with Gasteiger partial charge in [-0.2, -0.15) is 5.26 Å². The number of hydrogen-bond donors (Lipinski definition) is 2. The first-order valence-corrected chi connectivity index (χ1v) is 10.7. The topological polar surface area (TPSA) is 147 Å². The van der Waals surface area contributed by atoms with Gasteiger partial charge in [0.2, 0.25) is 11.9 Å². The lowest BCUT2D eigenvalue weighted by atomic mass is 10.1. The third-order valence-corrected chi connectivity index (χ3v) is 5.43. The number of aromatic nitrogens is 3. The van der Waals surface area contributed by atoms with E-state index in [1.165, 1.54) is 4.90 Å². The monoisotopic (exact) mass is 467 g/mol. The number of aryl methyl sites for hydroxylation is 1. The van der Waals surface area contributed by atoms with E-state index in [9.17, 15) is 14.4 Å². The molecule has 0 radical (unpaired) electrons. The van der Waals surface area contributed by atoms with E-state index in [4.69, 9.17) is 11.0 Å². The SMILES string of the molecule is CN(C(=O)c1ccncc1)c1ccc2c(c1)nc(NC(=O)c1ccc(C#N)cc1)n2CCC(N)=O. The highest BCUT2D eigenvalue weighted by atomic mass is 16.2. The van der Waals surface area contributed by atoms with Gasteiger partial charge in [0.15, 0.2) is 0 Å². The molecule has 0 aliphatic heterocycles. The number of fused-ring (bicyclic) bond motifs is 1. The summed E-state index contributed by atoms with van der Waals surface area (Å²) >= 11 is 0. The van der Waals surface area contributed by atoms with Crippen LogP contribution < -0.4 is 16.0 Å². The molecule has 4 rings (SSSR count). The number of hydrogen-bond acceptors (Lipinski definition) is 6. The number of rotatable bonds is 7. The van der Waals surface area contributed by atoms with Crippen LogP contribution in [0.5, 0.6) is 0 Å². The molecule has 10 nitrogen and oxygen atoms in total. The van der Waals surface area contributed by atoms with E-state index in [0.717, 1.165) is 0 Å². The molecule has 2 aromatic heterocycles. The molecule has 0 unspecified atom stereocenters.